The molecule has 0 saturated carbocycles. The third-order valence-corrected chi connectivity index (χ3v) is 24.7. The summed E-state index contributed by atoms with van der Waals surface area (Å²) in [5, 5.41) is 50.0. The number of carbonyl (C=O) groups is 5. The van der Waals surface area contributed by atoms with E-state index in [1.807, 2.05) is 0 Å². The standard InChI is InChI=1S/C7H12BrNO.C7H13NO2.C6H10BrClO.C6H14BrNO2S.C6H12BrNO.C5H10BrClO2S.C5H12BrNO2S.2C5H11BrO3S.C5H12O4S.C4H9BrO.C4H7NO.C3H7BrO.CH3ClO2S.CH5N.Cl5P.2H3N/c8-3-1-4-9-5-2-7(10)6-9;9-5-1-3-8-4-2-7(10)6-8;7-5-3-1-2-4-6(8)9;1-8-11(9,10)6-4-2-3-5-7;7-5-3-1-2-4-6(8)9;2*6-4-2-1-3-5-10(7,8)9;1-10(7,8)9-5-3-2-4-6;6-4-2-1-3-5-10(7,8)9;1-10(7,8)9-5-3-2-4-6;5-3-1-2-4-6;6-4-1-2-5-3-4;4-2-1-3-5;1-5(2,3)4;1-2;1-6(2,3,4)5;;/h1-6H2;9H,1-6H2;1-5H2;8H,2-6H2,1H3;1-5H2,(H2,8,9);1-5H2;1-5H2,(H2,7,8,9);2-5H2,1H3;1-5H2,(H,7,8,9);6H,2-5H2,1H3;6H,1-4H2;5H,1-3H2;5H,1-3H2;1H3;2H2,1H3;;2*1H3. The first-order valence-electron chi connectivity index (χ1n) is 40.3. The van der Waals surface area contributed by atoms with Crippen LogP contribution in [0.2, 0.25) is 0 Å². The summed E-state index contributed by atoms with van der Waals surface area (Å²) >= 11 is 62.6. The van der Waals surface area contributed by atoms with Crippen molar-refractivity contribution in [1.29, 1.82) is 0 Å². The molecule has 19 N–H and O–H groups in total. The van der Waals surface area contributed by atoms with Crippen LogP contribution < -0.4 is 38.9 Å². The SMILES string of the molecule is CN.CNS(=O)(=O)CCCCCBr.CS(=O)(=O)Cl.CS(=O)(=O)OCCCCBr.CS(=O)(=O)OCCCCO.ClP(Cl)(Cl)(Cl)Cl.N.N.NC(=O)CCCCCBr.NS(=O)(=O)CCCCCBr.O=C(Cl)CCCCCBr.O=C1CCN(CCCBr)C1.O=C1CCN(CCCO)C1.O=C1CCNC1.O=S(=O)(Cl)CCCCCBr.O=S(=O)(O)CCCCCBr.OCCCBr.OCCCCBr. The van der Waals surface area contributed by atoms with Gasteiger partial charge in [-0.05, 0) is 167 Å². The number of nitrogens with two attached hydrogens (primary N) is 3. The number of unbranched alkanes of at least 4 members (excludes halogenated alkanes) is 15. The van der Waals surface area contributed by atoms with Crippen LogP contribution in [-0.2, 0) is 101 Å². The van der Waals surface area contributed by atoms with Crippen molar-refractivity contribution < 1.29 is 116 Å². The van der Waals surface area contributed by atoms with Crippen molar-refractivity contribution >= 4 is 349 Å². The van der Waals surface area contributed by atoms with E-state index in [-0.39, 0.29) is 66.3 Å². The number of rotatable bonds is 52. The number of sulfonamides is 2. The number of aliphatic hydroxyl groups excluding tert-OH is 4. The van der Waals surface area contributed by atoms with E-state index in [1.54, 1.807) is 0 Å². The molecule has 3 saturated heterocycles. The molecule has 3 aliphatic heterocycles. The van der Waals surface area contributed by atoms with Gasteiger partial charge in [-0.3, -0.25) is 46.7 Å². The van der Waals surface area contributed by atoms with Gasteiger partial charge in [-0.25, -0.2) is 43.5 Å². The Hall–Kier alpha value is 4.75. The number of ketones is 3. The second-order valence-electron chi connectivity index (χ2n) is 26.0. The number of hydrogen-bond acceptors (Lipinski definition) is 31. The summed E-state index contributed by atoms with van der Waals surface area (Å²) in [5.41, 5.74) is 9.42. The number of primary sulfonamides is 1. The molecule has 0 bridgehead atoms. The fourth-order valence-corrected chi connectivity index (χ4v) is 14.9. The summed E-state index contributed by atoms with van der Waals surface area (Å²) in [4.78, 5) is 56.3. The maximum absolute atomic E-state index is 10.8. The van der Waals surface area contributed by atoms with Crippen molar-refractivity contribution in [3.8, 4) is 0 Å². The Balaban J connectivity index is -0.0000000849. The molecule has 35 nitrogen and oxygen atoms in total. The van der Waals surface area contributed by atoms with Gasteiger partial charge in [0.15, 0.2) is 0 Å². The molecule has 808 valence electrons. The molecule has 0 aliphatic carbocycles. The van der Waals surface area contributed by atoms with Crippen LogP contribution in [0.5, 0.6) is 0 Å². The quantitative estimate of drug-likeness (QED) is 0.00672. The zero-order valence-corrected chi connectivity index (χ0v) is 104. The van der Waals surface area contributed by atoms with Gasteiger partial charge < -0.3 is 49.5 Å². The molecule has 0 aromatic heterocycles. The zero-order valence-electron chi connectivity index (χ0n) is 75.9. The molecule has 131 heavy (non-hydrogen) atoms. The van der Waals surface area contributed by atoms with Gasteiger partial charge in [-0.2, -0.15) is 25.3 Å². The van der Waals surface area contributed by atoms with Crippen molar-refractivity contribution in [2.45, 2.75) is 205 Å². The molecule has 0 radical (unpaired) electrons. The average molecular weight is 2880 g/mol. The van der Waals surface area contributed by atoms with E-state index in [4.69, 9.17) is 114 Å². The number of halogens is 18. The van der Waals surface area contributed by atoms with E-state index in [9.17, 15) is 82.9 Å². The van der Waals surface area contributed by atoms with Crippen LogP contribution >= 0.6 is 252 Å². The van der Waals surface area contributed by atoms with Gasteiger partial charge in [0.2, 0.25) is 49.3 Å². The fourth-order valence-electron chi connectivity index (χ4n) is 7.43. The molecule has 3 aliphatic rings. The van der Waals surface area contributed by atoms with Gasteiger partial charge >= 0.3 is 59.6 Å². The minimum Gasteiger partial charge on any atom is -0.396 e. The number of carbonyl (C=O) groups excluding carboxylic acids is 5. The molecule has 0 aromatic carbocycles. The van der Waals surface area contributed by atoms with E-state index in [1.165, 1.54) is 14.1 Å². The predicted octanol–water partition coefficient (Wildman–Crippen LogP) is 17.1. The number of amides is 1. The van der Waals surface area contributed by atoms with Gasteiger partial charge in [0.25, 0.3) is 30.4 Å². The molecule has 3 heterocycles. The molecule has 1 amide bonds. The Morgan fingerprint density at radius 2 is 0.725 bits per heavy atom. The number of aliphatic hydroxyl groups is 4. The molecule has 0 atom stereocenters. The summed E-state index contributed by atoms with van der Waals surface area (Å²) in [5.74, 6) is 1.23. The third kappa shape index (κ3) is 239. The Bertz CT molecular complexity index is 3060. The number of likely N-dealkylation sites (tertiary alicyclic amines) is 2. The van der Waals surface area contributed by atoms with E-state index in [0.29, 0.717) is 108 Å². The molecule has 3 rings (SSSR count). The minimum atomic E-state index is -3.72. The number of primary amides is 1. The average Bonchev–Trinajstić information content (AvgIpc) is 1.37. The first-order chi connectivity index (χ1) is 59.6. The Morgan fingerprint density at radius 3 is 0.962 bits per heavy atom. The first-order valence-corrected chi connectivity index (χ1v) is 72.5. The molecule has 3 fully saturated rings. The molecular formula is C70H154Br10Cl8N9O26PS7. The maximum atomic E-state index is 10.8. The van der Waals surface area contributed by atoms with Crippen LogP contribution in [0, 0.1) is 0 Å². The first kappa shape index (κ1) is 169. The van der Waals surface area contributed by atoms with Crippen LogP contribution in [-0.4, -0.2) is 323 Å². The summed E-state index contributed by atoms with van der Waals surface area (Å²) in [6, 6.07) is 0. The number of nitrogens with zero attached hydrogens (tertiary/aromatic N) is 2. The molecular weight excluding hydrogens is 2720 g/mol. The summed E-state index contributed by atoms with van der Waals surface area (Å²) in [7, 11) is -10.4. The van der Waals surface area contributed by atoms with Gasteiger partial charge in [-0.1, -0.05) is 198 Å². The largest absolute Gasteiger partial charge is 0.396 e. The van der Waals surface area contributed by atoms with E-state index < -0.39 is 71.9 Å². The van der Waals surface area contributed by atoms with Gasteiger partial charge in [0.1, 0.15) is 17.3 Å². The second-order valence-corrected chi connectivity index (χ2v) is 65.6. The number of nitrogens with one attached hydrogen (secondary N) is 2. The monoisotopic (exact) mass is 2860 g/mol. The van der Waals surface area contributed by atoms with E-state index in [2.05, 4.69) is 204 Å². The fraction of sp³-hybridized carbons (Fsp3) is 0.929. The summed E-state index contributed by atoms with van der Waals surface area (Å²) in [6.45, 7) is 7.95. The van der Waals surface area contributed by atoms with Crippen LogP contribution in [0.25, 0.3) is 0 Å². The molecule has 0 unspecified atom stereocenters. The Morgan fingerprint density at radius 1 is 0.435 bits per heavy atom. The maximum Gasteiger partial charge on any atom is 0.264 e. The molecule has 61 heteroatoms. The number of alkyl halides is 10. The third-order valence-electron chi connectivity index (χ3n) is 13.4. The van der Waals surface area contributed by atoms with Crippen LogP contribution in [0.1, 0.15) is 205 Å². The van der Waals surface area contributed by atoms with Gasteiger partial charge in [0, 0.05) is 159 Å². The van der Waals surface area contributed by atoms with Crippen molar-refractivity contribution in [2.75, 3.05) is 201 Å². The van der Waals surface area contributed by atoms with Crippen molar-refractivity contribution in [1.82, 2.24) is 32.1 Å². The Labute approximate surface area is 909 Å². The van der Waals surface area contributed by atoms with Crippen molar-refractivity contribution in [3.05, 3.63) is 0 Å². The topological polar surface area (TPSA) is 623 Å². The van der Waals surface area contributed by atoms with E-state index in [0.717, 1.165) is 259 Å². The van der Waals surface area contributed by atoms with Crippen LogP contribution in [0.15, 0.2) is 0 Å². The molecule has 0 aromatic rings. The number of Topliss-reactive ketones (excluding diaryl/α,β-unsaturated/α-hetero) is 3. The van der Waals surface area contributed by atoms with Crippen molar-refractivity contribution in [3.63, 3.8) is 0 Å². The van der Waals surface area contributed by atoms with Gasteiger partial charge in [-0.15, -0.1) is 0 Å². The molecule has 0 spiro atoms. The summed E-state index contributed by atoms with van der Waals surface area (Å²) in [6.07, 6.45) is 30.5. The Kier molecular flexibility index (Phi) is 155. The minimum absolute atomic E-state index is 0. The van der Waals surface area contributed by atoms with Crippen LogP contribution in [0.4, 0.5) is 0 Å². The smallest absolute Gasteiger partial charge is 0.264 e. The van der Waals surface area contributed by atoms with Crippen molar-refractivity contribution in [2.24, 2.45) is 16.6 Å². The van der Waals surface area contributed by atoms with Crippen LogP contribution in [0.3, 0.4) is 0 Å². The zero-order chi connectivity index (χ0) is 103. The number of hydrogen-bond donors (Lipinski definition) is 12. The normalized spacial score (nSPS) is 13.0. The van der Waals surface area contributed by atoms with E-state index >= 15 is 0 Å². The summed E-state index contributed by atoms with van der Waals surface area (Å²) < 4.78 is 159. The predicted molar refractivity (Wildman–Crippen MR) is 590 cm³/mol. The van der Waals surface area contributed by atoms with Gasteiger partial charge in [0.05, 0.1) is 74.6 Å². The second kappa shape index (κ2) is 120.